The summed E-state index contributed by atoms with van der Waals surface area (Å²) in [6.45, 7) is 0.733. The standard InChI is InChI=1S/C21H21F4NO/c22-19-17(7-4-8-18(19)21(23,24)25)20(27)11-15-9-10-16(12-20)26(15)13-14-5-2-1-3-6-14/h1-8,15-16,27H,9-13H2. The number of aliphatic hydroxyl groups is 1. The van der Waals surface area contributed by atoms with Crippen molar-refractivity contribution in [2.75, 3.05) is 0 Å². The minimum absolute atomic E-state index is 0.0305. The highest BCUT2D eigenvalue weighted by Gasteiger charge is 2.50. The Hall–Kier alpha value is -1.92. The van der Waals surface area contributed by atoms with E-state index in [0.717, 1.165) is 31.0 Å². The molecule has 2 heterocycles. The molecule has 27 heavy (non-hydrogen) atoms. The van der Waals surface area contributed by atoms with Crippen molar-refractivity contribution < 1.29 is 22.7 Å². The first-order chi connectivity index (χ1) is 12.8. The smallest absolute Gasteiger partial charge is 0.385 e. The van der Waals surface area contributed by atoms with Gasteiger partial charge >= 0.3 is 6.18 Å². The lowest BCUT2D eigenvalue weighted by Gasteiger charge is -2.44. The highest BCUT2D eigenvalue weighted by Crippen LogP contribution is 2.48. The van der Waals surface area contributed by atoms with Gasteiger partial charge in [0.15, 0.2) is 0 Å². The fraction of sp³-hybridized carbons (Fsp3) is 0.429. The van der Waals surface area contributed by atoms with Crippen LogP contribution in [0.1, 0.15) is 42.4 Å². The maximum Gasteiger partial charge on any atom is 0.419 e. The van der Waals surface area contributed by atoms with E-state index in [1.165, 1.54) is 12.1 Å². The lowest BCUT2D eigenvalue weighted by Crippen LogP contribution is -2.49. The number of nitrogens with zero attached hydrogens (tertiary/aromatic N) is 1. The minimum Gasteiger partial charge on any atom is -0.385 e. The van der Waals surface area contributed by atoms with Gasteiger partial charge in [0.1, 0.15) is 5.82 Å². The second kappa shape index (κ2) is 6.60. The molecule has 2 atom stereocenters. The summed E-state index contributed by atoms with van der Waals surface area (Å²) in [7, 11) is 0. The van der Waals surface area contributed by atoms with Gasteiger partial charge in [-0.2, -0.15) is 13.2 Å². The topological polar surface area (TPSA) is 23.5 Å². The van der Waals surface area contributed by atoms with Crippen LogP contribution in [-0.4, -0.2) is 22.1 Å². The van der Waals surface area contributed by atoms with Gasteiger partial charge in [0.05, 0.1) is 11.2 Å². The summed E-state index contributed by atoms with van der Waals surface area (Å²) in [4.78, 5) is 2.30. The highest BCUT2D eigenvalue weighted by molar-refractivity contribution is 5.33. The molecule has 1 N–H and O–H groups in total. The third-order valence-corrected chi connectivity index (χ3v) is 5.93. The summed E-state index contributed by atoms with van der Waals surface area (Å²) >= 11 is 0. The Morgan fingerprint density at radius 1 is 0.963 bits per heavy atom. The van der Waals surface area contributed by atoms with Crippen molar-refractivity contribution in [1.29, 1.82) is 0 Å². The van der Waals surface area contributed by atoms with Gasteiger partial charge in [-0.1, -0.05) is 42.5 Å². The number of alkyl halides is 3. The Morgan fingerprint density at radius 3 is 2.19 bits per heavy atom. The molecule has 4 rings (SSSR count). The molecule has 2 fully saturated rings. The first-order valence-corrected chi connectivity index (χ1v) is 9.16. The summed E-state index contributed by atoms with van der Waals surface area (Å²) in [5.41, 5.74) is -1.95. The molecule has 0 aliphatic carbocycles. The quantitative estimate of drug-likeness (QED) is 0.770. The zero-order chi connectivity index (χ0) is 19.2. The predicted molar refractivity (Wildman–Crippen MR) is 93.3 cm³/mol. The molecule has 0 amide bonds. The van der Waals surface area contributed by atoms with Crippen LogP contribution in [0, 0.1) is 5.82 Å². The van der Waals surface area contributed by atoms with E-state index >= 15 is 0 Å². The maximum absolute atomic E-state index is 14.6. The second-order valence-corrected chi connectivity index (χ2v) is 7.65. The molecule has 2 aromatic rings. The van der Waals surface area contributed by atoms with Crippen LogP contribution in [0.15, 0.2) is 48.5 Å². The van der Waals surface area contributed by atoms with Gasteiger partial charge in [0.2, 0.25) is 0 Å². The van der Waals surface area contributed by atoms with Crippen molar-refractivity contribution in [2.24, 2.45) is 0 Å². The molecule has 2 bridgehead atoms. The fourth-order valence-electron chi connectivity index (χ4n) is 4.70. The Morgan fingerprint density at radius 2 is 1.59 bits per heavy atom. The lowest BCUT2D eigenvalue weighted by atomic mass is 9.79. The van der Waals surface area contributed by atoms with Crippen molar-refractivity contribution in [3.8, 4) is 0 Å². The summed E-state index contributed by atoms with van der Waals surface area (Å²) in [5.74, 6) is -1.34. The van der Waals surface area contributed by atoms with Crippen LogP contribution in [0.3, 0.4) is 0 Å². The zero-order valence-corrected chi connectivity index (χ0v) is 14.7. The molecule has 2 aromatic carbocycles. The molecule has 0 spiro atoms. The third kappa shape index (κ3) is 3.36. The van der Waals surface area contributed by atoms with Crippen molar-refractivity contribution in [3.63, 3.8) is 0 Å². The molecule has 0 radical (unpaired) electrons. The number of benzene rings is 2. The van der Waals surface area contributed by atoms with Gasteiger partial charge in [-0.3, -0.25) is 4.90 Å². The molecule has 2 aliphatic rings. The maximum atomic E-state index is 14.6. The molecule has 0 aromatic heterocycles. The van der Waals surface area contributed by atoms with Crippen molar-refractivity contribution in [1.82, 2.24) is 4.90 Å². The molecular weight excluding hydrogens is 358 g/mol. The number of fused-ring (bicyclic) bond motifs is 2. The van der Waals surface area contributed by atoms with E-state index in [0.29, 0.717) is 0 Å². The van der Waals surface area contributed by atoms with Gasteiger partial charge in [-0.15, -0.1) is 0 Å². The zero-order valence-electron chi connectivity index (χ0n) is 14.7. The Kier molecular flexibility index (Phi) is 4.51. The Labute approximate surface area is 155 Å². The van der Waals surface area contributed by atoms with Crippen LogP contribution in [0.4, 0.5) is 17.6 Å². The summed E-state index contributed by atoms with van der Waals surface area (Å²) < 4.78 is 53.8. The SMILES string of the molecule is OC1(c2cccc(C(F)(F)F)c2F)CC2CCC(C1)N2Cc1ccccc1. The van der Waals surface area contributed by atoms with Crippen LogP contribution in [0.5, 0.6) is 0 Å². The van der Waals surface area contributed by atoms with Crippen molar-refractivity contribution >= 4 is 0 Å². The van der Waals surface area contributed by atoms with Crippen LogP contribution >= 0.6 is 0 Å². The molecule has 2 unspecified atom stereocenters. The first kappa shape index (κ1) is 18.4. The number of halogens is 4. The molecular formula is C21H21F4NO. The van der Waals surface area contributed by atoms with E-state index in [2.05, 4.69) is 4.90 Å². The Balaban J connectivity index is 1.61. The molecule has 2 nitrogen and oxygen atoms in total. The highest BCUT2D eigenvalue weighted by atomic mass is 19.4. The van der Waals surface area contributed by atoms with Crippen LogP contribution in [0.2, 0.25) is 0 Å². The van der Waals surface area contributed by atoms with Crippen molar-refractivity contribution in [3.05, 3.63) is 71.0 Å². The van der Waals surface area contributed by atoms with Crippen LogP contribution in [0.25, 0.3) is 0 Å². The van der Waals surface area contributed by atoms with E-state index in [1.807, 2.05) is 30.3 Å². The molecule has 144 valence electrons. The van der Waals surface area contributed by atoms with Gasteiger partial charge in [0, 0.05) is 24.2 Å². The fourth-order valence-corrected chi connectivity index (χ4v) is 4.70. The molecule has 0 saturated carbocycles. The van der Waals surface area contributed by atoms with E-state index in [-0.39, 0.29) is 30.5 Å². The van der Waals surface area contributed by atoms with E-state index in [4.69, 9.17) is 0 Å². The van der Waals surface area contributed by atoms with E-state index < -0.39 is 23.2 Å². The van der Waals surface area contributed by atoms with Gasteiger partial charge in [-0.05, 0) is 37.3 Å². The number of piperidine rings is 1. The molecule has 6 heteroatoms. The van der Waals surface area contributed by atoms with E-state index in [9.17, 15) is 22.7 Å². The Bertz CT molecular complexity index is 807. The van der Waals surface area contributed by atoms with Gasteiger partial charge in [0.25, 0.3) is 0 Å². The average Bonchev–Trinajstić information content (AvgIpc) is 2.86. The summed E-state index contributed by atoms with van der Waals surface area (Å²) in [6, 6.07) is 13.2. The normalized spacial score (nSPS) is 28.5. The predicted octanol–water partition coefficient (Wildman–Crippen LogP) is 4.86. The molecule has 2 aliphatic heterocycles. The summed E-state index contributed by atoms with van der Waals surface area (Å²) in [5, 5.41) is 11.1. The average molecular weight is 379 g/mol. The number of rotatable bonds is 3. The molecule has 2 saturated heterocycles. The second-order valence-electron chi connectivity index (χ2n) is 7.65. The number of hydrogen-bond acceptors (Lipinski definition) is 2. The van der Waals surface area contributed by atoms with Crippen LogP contribution < -0.4 is 0 Å². The van der Waals surface area contributed by atoms with Crippen LogP contribution in [-0.2, 0) is 18.3 Å². The van der Waals surface area contributed by atoms with Gasteiger partial charge in [-0.25, -0.2) is 4.39 Å². The largest absolute Gasteiger partial charge is 0.419 e. The third-order valence-electron chi connectivity index (χ3n) is 5.93. The number of hydrogen-bond donors (Lipinski definition) is 1. The lowest BCUT2D eigenvalue weighted by molar-refractivity contribution is -0.140. The summed E-state index contributed by atoms with van der Waals surface area (Å²) in [6.07, 6.45) is -2.56. The first-order valence-electron chi connectivity index (χ1n) is 9.16. The monoisotopic (exact) mass is 379 g/mol. The van der Waals surface area contributed by atoms with E-state index in [1.54, 1.807) is 0 Å². The minimum atomic E-state index is -4.77. The van der Waals surface area contributed by atoms with Gasteiger partial charge < -0.3 is 5.11 Å². The van der Waals surface area contributed by atoms with Crippen molar-refractivity contribution in [2.45, 2.75) is 56.1 Å².